The van der Waals surface area contributed by atoms with Gasteiger partial charge in [-0.15, -0.1) is 34.4 Å². The van der Waals surface area contributed by atoms with Gasteiger partial charge in [-0.1, -0.05) is 133 Å². The maximum atomic E-state index is 4.01. The van der Waals surface area contributed by atoms with Crippen LogP contribution in [0.15, 0.2) is 162 Å². The number of thioether (sulfide) groups is 1. The first-order chi connectivity index (χ1) is 25.2. The fraction of sp³-hybridized carbons (Fsp3) is 0.111. The van der Waals surface area contributed by atoms with Crippen molar-refractivity contribution in [1.29, 1.82) is 0 Å². The molecule has 4 heterocycles. The van der Waals surface area contributed by atoms with E-state index in [2.05, 4.69) is 168 Å². The predicted molar refractivity (Wildman–Crippen MR) is 219 cm³/mol. The van der Waals surface area contributed by atoms with Crippen molar-refractivity contribution in [2.45, 2.75) is 34.6 Å². The lowest BCUT2D eigenvalue weighted by Gasteiger charge is -2.41. The Morgan fingerprint density at radius 1 is 0.510 bits per heavy atom. The molecular formula is C45H33N3S3. The molecule has 1 aliphatic carbocycles. The van der Waals surface area contributed by atoms with Crippen LogP contribution in [0, 0.1) is 0 Å². The predicted octanol–water partition coefficient (Wildman–Crippen LogP) is 11.6. The molecule has 2 aliphatic heterocycles. The van der Waals surface area contributed by atoms with Gasteiger partial charge >= 0.3 is 0 Å². The Morgan fingerprint density at radius 2 is 1.22 bits per heavy atom. The number of benzene rings is 6. The van der Waals surface area contributed by atoms with E-state index >= 15 is 0 Å². The second-order valence-electron chi connectivity index (χ2n) is 13.7. The highest BCUT2D eigenvalue weighted by Crippen LogP contribution is 2.49. The lowest BCUT2D eigenvalue weighted by atomic mass is 9.88. The van der Waals surface area contributed by atoms with Gasteiger partial charge in [0.2, 0.25) is 0 Å². The average molecular weight is 712 g/mol. The van der Waals surface area contributed by atoms with Crippen molar-refractivity contribution in [3.05, 3.63) is 174 Å². The van der Waals surface area contributed by atoms with Crippen LogP contribution in [0.5, 0.6) is 0 Å². The molecule has 0 amide bonds. The minimum absolute atomic E-state index is 0.0160. The zero-order valence-corrected chi connectivity index (χ0v) is 30.0. The third-order valence-electron chi connectivity index (χ3n) is 10.8. The summed E-state index contributed by atoms with van der Waals surface area (Å²) in [6, 6.07) is 49.1. The lowest BCUT2D eigenvalue weighted by molar-refractivity contribution is 0.225. The molecule has 51 heavy (non-hydrogen) atoms. The Hall–Kier alpha value is -4.53. The smallest absolute Gasteiger partial charge is 0.0878 e. The van der Waals surface area contributed by atoms with Gasteiger partial charge in [0.1, 0.15) is 0 Å². The molecule has 11 rings (SSSR count). The molecule has 0 radical (unpaired) electrons. The topological polar surface area (TPSA) is 36.1 Å². The van der Waals surface area contributed by atoms with Gasteiger partial charge in [-0.3, -0.25) is 16.0 Å². The van der Waals surface area contributed by atoms with E-state index in [1.54, 1.807) is 0 Å². The van der Waals surface area contributed by atoms with E-state index in [-0.39, 0.29) is 18.5 Å². The van der Waals surface area contributed by atoms with Gasteiger partial charge in [0.05, 0.1) is 18.5 Å². The average Bonchev–Trinajstić information content (AvgIpc) is 3.88. The van der Waals surface area contributed by atoms with Crippen LogP contribution in [-0.2, 0) is 0 Å². The summed E-state index contributed by atoms with van der Waals surface area (Å²) in [7, 11) is 0. The third-order valence-corrected chi connectivity index (χ3v) is 14.6. The zero-order valence-electron chi connectivity index (χ0n) is 27.5. The van der Waals surface area contributed by atoms with Crippen LogP contribution in [0.2, 0.25) is 0 Å². The van der Waals surface area contributed by atoms with Crippen molar-refractivity contribution in [2.75, 3.05) is 0 Å². The molecule has 0 saturated carbocycles. The summed E-state index contributed by atoms with van der Waals surface area (Å²) in [5.74, 6) is 0.386. The van der Waals surface area contributed by atoms with Crippen molar-refractivity contribution >= 4 is 74.8 Å². The molecule has 2 aromatic heterocycles. The SMILES string of the molecule is C1=CC2Sc3ccccc3C2C=C1C1NC(c2ccccc2)NC(c2cccc3c2sc2cc(-c4cccc5c4sc4ccccc45)ccc23)N1. The molecule has 6 aromatic carbocycles. The summed E-state index contributed by atoms with van der Waals surface area (Å²) < 4.78 is 5.35. The van der Waals surface area contributed by atoms with Gasteiger partial charge in [0.15, 0.2) is 0 Å². The van der Waals surface area contributed by atoms with Crippen LogP contribution >= 0.6 is 34.4 Å². The van der Waals surface area contributed by atoms with Crippen LogP contribution in [0.4, 0.5) is 0 Å². The van der Waals surface area contributed by atoms with E-state index in [1.807, 2.05) is 34.4 Å². The van der Waals surface area contributed by atoms with Gasteiger partial charge < -0.3 is 0 Å². The van der Waals surface area contributed by atoms with Crippen LogP contribution in [0.25, 0.3) is 51.5 Å². The number of fused-ring (bicyclic) bond motifs is 9. The van der Waals surface area contributed by atoms with E-state index in [0.29, 0.717) is 11.2 Å². The monoisotopic (exact) mass is 711 g/mol. The minimum atomic E-state index is -0.0535. The van der Waals surface area contributed by atoms with Crippen LogP contribution < -0.4 is 16.0 Å². The molecule has 1 fully saturated rings. The second-order valence-corrected chi connectivity index (χ2v) is 17.0. The highest BCUT2D eigenvalue weighted by atomic mass is 32.2. The Kier molecular flexibility index (Phi) is 7.10. The standard InChI is InChI=1S/C45H33N3S3/c1-2-10-26(11-3-1)43-46-44(28-21-23-39-36(24-28)31-13-5-6-18-37(31)49-39)48-45(47-43)35-17-9-16-34-32-22-20-27(25-40(32)51-42(34)35)29-14-8-15-33-30-12-4-7-19-38(30)50-41(29)33/h1-25,36,39,43-48H. The van der Waals surface area contributed by atoms with E-state index < -0.39 is 0 Å². The fourth-order valence-electron chi connectivity index (χ4n) is 8.31. The zero-order chi connectivity index (χ0) is 33.5. The maximum Gasteiger partial charge on any atom is 0.0878 e. The number of rotatable bonds is 4. The Balaban J connectivity index is 0.994. The molecular weight excluding hydrogens is 679 g/mol. The van der Waals surface area contributed by atoms with Crippen LogP contribution in [-0.4, -0.2) is 11.4 Å². The van der Waals surface area contributed by atoms with Gasteiger partial charge in [0, 0.05) is 62.0 Å². The highest BCUT2D eigenvalue weighted by molar-refractivity contribution is 8.00. The van der Waals surface area contributed by atoms with E-state index in [9.17, 15) is 0 Å². The second kappa shape index (κ2) is 12.0. The number of thiophene rings is 2. The molecule has 3 N–H and O–H groups in total. The van der Waals surface area contributed by atoms with Crippen molar-refractivity contribution in [1.82, 2.24) is 16.0 Å². The summed E-state index contributed by atoms with van der Waals surface area (Å²) in [5, 5.41) is 17.6. The molecule has 246 valence electrons. The minimum Gasteiger partial charge on any atom is -0.279 e. The Bertz CT molecular complexity index is 2710. The molecule has 0 bridgehead atoms. The van der Waals surface area contributed by atoms with Crippen LogP contribution in [0.3, 0.4) is 0 Å². The number of hydrogen-bond acceptors (Lipinski definition) is 6. The molecule has 3 nitrogen and oxygen atoms in total. The van der Waals surface area contributed by atoms with Gasteiger partial charge in [-0.25, -0.2) is 0 Å². The maximum absolute atomic E-state index is 4.01. The normalized spacial score (nSPS) is 22.8. The van der Waals surface area contributed by atoms with E-state index in [4.69, 9.17) is 0 Å². The third kappa shape index (κ3) is 4.97. The summed E-state index contributed by atoms with van der Waals surface area (Å²) in [6.07, 6.45) is 7.16. The molecule has 0 spiro atoms. The lowest BCUT2D eigenvalue weighted by Crippen LogP contribution is -2.59. The first-order valence-corrected chi connectivity index (χ1v) is 20.1. The van der Waals surface area contributed by atoms with Crippen molar-refractivity contribution in [3.8, 4) is 11.1 Å². The quantitative estimate of drug-likeness (QED) is 0.170. The summed E-state index contributed by atoms with van der Waals surface area (Å²) in [4.78, 5) is 1.40. The summed E-state index contributed by atoms with van der Waals surface area (Å²) in [5.41, 5.74) is 7.84. The first kappa shape index (κ1) is 30.1. The van der Waals surface area contributed by atoms with Gasteiger partial charge in [-0.05, 0) is 46.0 Å². The molecule has 6 heteroatoms. The fourth-order valence-corrected chi connectivity index (χ4v) is 12.2. The molecule has 8 aromatic rings. The molecule has 5 atom stereocenters. The number of nitrogens with one attached hydrogen (secondary N) is 3. The first-order valence-electron chi connectivity index (χ1n) is 17.6. The molecule has 3 aliphatic rings. The van der Waals surface area contributed by atoms with E-state index in [1.165, 1.54) is 78.6 Å². The number of hydrogen-bond donors (Lipinski definition) is 3. The van der Waals surface area contributed by atoms with Crippen molar-refractivity contribution in [2.24, 2.45) is 0 Å². The van der Waals surface area contributed by atoms with E-state index in [0.717, 1.165) is 0 Å². The summed E-state index contributed by atoms with van der Waals surface area (Å²) >= 11 is 5.79. The largest absolute Gasteiger partial charge is 0.279 e. The molecule has 1 saturated heterocycles. The van der Waals surface area contributed by atoms with Gasteiger partial charge in [0.25, 0.3) is 0 Å². The Morgan fingerprint density at radius 3 is 2.16 bits per heavy atom. The van der Waals surface area contributed by atoms with Crippen molar-refractivity contribution in [3.63, 3.8) is 0 Å². The Labute approximate surface area is 308 Å². The van der Waals surface area contributed by atoms with Crippen LogP contribution in [0.1, 0.15) is 34.9 Å². The molecule has 5 unspecified atom stereocenters. The summed E-state index contributed by atoms with van der Waals surface area (Å²) in [6.45, 7) is 0. The van der Waals surface area contributed by atoms with Crippen molar-refractivity contribution < 1.29 is 0 Å². The number of allylic oxidation sites excluding steroid dienone is 1. The van der Waals surface area contributed by atoms with Gasteiger partial charge in [-0.2, -0.15) is 0 Å². The highest BCUT2D eigenvalue weighted by Gasteiger charge is 2.36.